The molecule has 0 aromatic heterocycles. The fourth-order valence-corrected chi connectivity index (χ4v) is 3.38. The third kappa shape index (κ3) is 3.18. The Morgan fingerprint density at radius 2 is 2.05 bits per heavy atom. The van der Waals surface area contributed by atoms with Gasteiger partial charge < -0.3 is 15.5 Å². The summed E-state index contributed by atoms with van der Waals surface area (Å²) in [7, 11) is 0. The van der Waals surface area contributed by atoms with E-state index in [-0.39, 0.29) is 25.0 Å². The number of aliphatic carboxylic acids is 2. The number of rotatable bonds is 6. The van der Waals surface area contributed by atoms with Gasteiger partial charge in [0, 0.05) is 18.6 Å². The number of β-lactam (4-membered cyclic amide) rings is 1. The molecule has 1 fully saturated rings. The van der Waals surface area contributed by atoms with E-state index in [1.54, 1.807) is 0 Å². The molecule has 2 rings (SSSR count). The highest BCUT2D eigenvalue weighted by atomic mass is 32.2. The molecule has 2 amide bonds. The zero-order valence-corrected chi connectivity index (χ0v) is 11.8. The van der Waals surface area contributed by atoms with E-state index in [1.165, 1.54) is 22.7 Å². The van der Waals surface area contributed by atoms with Gasteiger partial charge in [0.15, 0.2) is 0 Å². The van der Waals surface area contributed by atoms with Crippen molar-refractivity contribution in [2.45, 2.75) is 30.7 Å². The van der Waals surface area contributed by atoms with E-state index in [1.807, 2.05) is 0 Å². The first-order valence-corrected chi connectivity index (χ1v) is 7.36. The minimum absolute atomic E-state index is 0.0229. The topological polar surface area (TPSA) is 124 Å². The van der Waals surface area contributed by atoms with E-state index in [9.17, 15) is 19.2 Å². The van der Waals surface area contributed by atoms with Crippen molar-refractivity contribution >= 4 is 35.5 Å². The number of hydrogen-bond acceptors (Lipinski definition) is 5. The molecule has 0 aromatic carbocycles. The summed E-state index contributed by atoms with van der Waals surface area (Å²) >= 11 is 1.37. The summed E-state index contributed by atoms with van der Waals surface area (Å²) in [6.45, 7) is 0. The number of fused-ring (bicyclic) bond motifs is 1. The standard InChI is InChI=1S/C12H14N2O6S/c15-7(2-1-3-8(16)17)13-9-10(18)14-6(12(19)20)4-5-21-11(9)14/h4,9,11H,1-3,5H2,(H,13,15)(H,16,17)(H,19,20)/t9?,11-/m0/s1. The SMILES string of the molecule is O=C(O)CCCC(=O)NC1C(=O)N2C(C(=O)O)=CCS[C@@H]12. The lowest BCUT2D eigenvalue weighted by Crippen LogP contribution is -2.70. The van der Waals surface area contributed by atoms with Crippen molar-refractivity contribution in [3.8, 4) is 0 Å². The fourth-order valence-electron chi connectivity index (χ4n) is 2.18. The molecular weight excluding hydrogens is 300 g/mol. The average molecular weight is 314 g/mol. The molecule has 2 aliphatic heterocycles. The van der Waals surface area contributed by atoms with Crippen LogP contribution in [0.15, 0.2) is 11.8 Å². The molecule has 0 aromatic rings. The monoisotopic (exact) mass is 314 g/mol. The van der Waals surface area contributed by atoms with Gasteiger partial charge >= 0.3 is 11.9 Å². The largest absolute Gasteiger partial charge is 0.481 e. The van der Waals surface area contributed by atoms with E-state index in [0.717, 1.165) is 0 Å². The van der Waals surface area contributed by atoms with E-state index >= 15 is 0 Å². The molecule has 0 saturated carbocycles. The predicted octanol–water partition coefficient (Wildman–Crippen LogP) is -0.390. The number of thioether (sulfide) groups is 1. The number of amides is 2. The molecule has 3 N–H and O–H groups in total. The van der Waals surface area contributed by atoms with Gasteiger partial charge in [-0.05, 0) is 12.5 Å². The zero-order valence-electron chi connectivity index (χ0n) is 10.9. The molecule has 2 heterocycles. The van der Waals surface area contributed by atoms with E-state index in [2.05, 4.69) is 5.32 Å². The molecule has 21 heavy (non-hydrogen) atoms. The molecule has 0 aliphatic carbocycles. The number of nitrogens with one attached hydrogen (secondary N) is 1. The summed E-state index contributed by atoms with van der Waals surface area (Å²) in [5, 5.41) is 19.6. The Hall–Kier alpha value is -2.03. The van der Waals surface area contributed by atoms with Crippen molar-refractivity contribution in [3.63, 3.8) is 0 Å². The summed E-state index contributed by atoms with van der Waals surface area (Å²) in [4.78, 5) is 46.1. The van der Waals surface area contributed by atoms with Crippen molar-refractivity contribution in [2.75, 3.05) is 5.75 Å². The van der Waals surface area contributed by atoms with Crippen LogP contribution in [0.25, 0.3) is 0 Å². The van der Waals surface area contributed by atoms with Gasteiger partial charge in [0.2, 0.25) is 5.91 Å². The summed E-state index contributed by atoms with van der Waals surface area (Å²) in [6, 6.07) is -0.740. The Morgan fingerprint density at radius 3 is 2.67 bits per heavy atom. The van der Waals surface area contributed by atoms with Crippen LogP contribution in [0.3, 0.4) is 0 Å². The van der Waals surface area contributed by atoms with Crippen molar-refractivity contribution < 1.29 is 29.4 Å². The predicted molar refractivity (Wildman–Crippen MR) is 72.2 cm³/mol. The Labute approximate surface area is 124 Å². The van der Waals surface area contributed by atoms with Crippen LogP contribution in [0.5, 0.6) is 0 Å². The van der Waals surface area contributed by atoms with Crippen LogP contribution in [0.2, 0.25) is 0 Å². The molecular formula is C12H14N2O6S. The van der Waals surface area contributed by atoms with Crippen LogP contribution in [-0.2, 0) is 19.2 Å². The van der Waals surface area contributed by atoms with Crippen molar-refractivity contribution in [3.05, 3.63) is 11.8 Å². The van der Waals surface area contributed by atoms with Gasteiger partial charge in [-0.2, -0.15) is 0 Å². The highest BCUT2D eigenvalue weighted by molar-refractivity contribution is 8.00. The third-order valence-electron chi connectivity index (χ3n) is 3.18. The fraction of sp³-hybridized carbons (Fsp3) is 0.500. The van der Waals surface area contributed by atoms with Crippen LogP contribution < -0.4 is 5.32 Å². The van der Waals surface area contributed by atoms with Gasteiger partial charge in [0.05, 0.1) is 0 Å². The normalized spacial score (nSPS) is 23.7. The smallest absolute Gasteiger partial charge is 0.352 e. The van der Waals surface area contributed by atoms with Crippen molar-refractivity contribution in [1.29, 1.82) is 0 Å². The molecule has 1 saturated heterocycles. The third-order valence-corrected chi connectivity index (χ3v) is 4.36. The number of carbonyl (C=O) groups is 4. The zero-order chi connectivity index (χ0) is 15.6. The molecule has 0 spiro atoms. The first kappa shape index (κ1) is 15.4. The number of carboxylic acid groups (broad SMARTS) is 2. The first-order valence-electron chi connectivity index (χ1n) is 6.31. The Balaban J connectivity index is 1.88. The summed E-state index contributed by atoms with van der Waals surface area (Å²) < 4.78 is 0. The van der Waals surface area contributed by atoms with Gasteiger partial charge in [0.25, 0.3) is 5.91 Å². The Bertz CT molecular complexity index is 532. The number of nitrogens with zero attached hydrogens (tertiary/aromatic N) is 1. The van der Waals surface area contributed by atoms with Gasteiger partial charge in [-0.1, -0.05) is 0 Å². The minimum Gasteiger partial charge on any atom is -0.481 e. The maximum absolute atomic E-state index is 11.9. The number of carboxylic acids is 2. The highest BCUT2D eigenvalue weighted by Crippen LogP contribution is 2.37. The van der Waals surface area contributed by atoms with Gasteiger partial charge in [0.1, 0.15) is 17.1 Å². The second-order valence-corrected chi connectivity index (χ2v) is 5.77. The molecule has 9 heteroatoms. The minimum atomic E-state index is -1.17. The van der Waals surface area contributed by atoms with Crippen molar-refractivity contribution in [2.24, 2.45) is 0 Å². The Morgan fingerprint density at radius 1 is 1.33 bits per heavy atom. The van der Waals surface area contributed by atoms with Gasteiger partial charge in [-0.15, -0.1) is 11.8 Å². The second-order valence-electron chi connectivity index (χ2n) is 4.62. The molecule has 2 aliphatic rings. The lowest BCUT2D eigenvalue weighted by molar-refractivity contribution is -0.150. The summed E-state index contributed by atoms with van der Waals surface area (Å²) in [5.74, 6) is -2.54. The first-order chi connectivity index (χ1) is 9.91. The van der Waals surface area contributed by atoms with E-state index in [0.29, 0.717) is 5.75 Å². The number of hydrogen-bond donors (Lipinski definition) is 3. The quantitative estimate of drug-likeness (QED) is 0.570. The second kappa shape index (κ2) is 6.17. The van der Waals surface area contributed by atoms with Crippen LogP contribution in [-0.4, -0.2) is 56.0 Å². The maximum Gasteiger partial charge on any atom is 0.352 e. The lowest BCUT2D eigenvalue weighted by atomic mass is 10.0. The lowest BCUT2D eigenvalue weighted by Gasteiger charge is -2.48. The molecule has 0 radical (unpaired) electrons. The van der Waals surface area contributed by atoms with Crippen molar-refractivity contribution in [1.82, 2.24) is 10.2 Å². The summed E-state index contributed by atoms with van der Waals surface area (Å²) in [5.41, 5.74) is -0.0554. The molecule has 8 nitrogen and oxygen atoms in total. The average Bonchev–Trinajstić information content (AvgIpc) is 2.43. The van der Waals surface area contributed by atoms with Crippen LogP contribution in [0.4, 0.5) is 0 Å². The number of carbonyl (C=O) groups excluding carboxylic acids is 2. The van der Waals surface area contributed by atoms with Crippen LogP contribution in [0, 0.1) is 0 Å². The molecule has 1 unspecified atom stereocenters. The highest BCUT2D eigenvalue weighted by Gasteiger charge is 2.52. The Kier molecular flexibility index (Phi) is 4.51. The summed E-state index contributed by atoms with van der Waals surface area (Å²) in [6.07, 6.45) is 1.58. The van der Waals surface area contributed by atoms with E-state index < -0.39 is 35.2 Å². The van der Waals surface area contributed by atoms with E-state index in [4.69, 9.17) is 10.2 Å². The maximum atomic E-state index is 11.9. The van der Waals surface area contributed by atoms with Crippen LogP contribution >= 0.6 is 11.8 Å². The van der Waals surface area contributed by atoms with Crippen LogP contribution in [0.1, 0.15) is 19.3 Å². The molecule has 114 valence electrons. The van der Waals surface area contributed by atoms with Gasteiger partial charge in [-0.25, -0.2) is 4.79 Å². The molecule has 2 atom stereocenters. The van der Waals surface area contributed by atoms with Gasteiger partial charge in [-0.3, -0.25) is 19.3 Å². The molecule has 0 bridgehead atoms.